The summed E-state index contributed by atoms with van der Waals surface area (Å²) < 4.78 is 3.48. The van der Waals surface area contributed by atoms with E-state index in [1.807, 2.05) is 0 Å². The van der Waals surface area contributed by atoms with E-state index >= 15 is 0 Å². The van der Waals surface area contributed by atoms with Crippen LogP contribution in [0.3, 0.4) is 0 Å². The zero-order chi connectivity index (χ0) is 17.0. The second-order valence-corrected chi connectivity index (χ2v) is 7.89. The number of aryl methyl sites for hydroxylation is 2. The molecule has 1 aliphatic rings. The van der Waals surface area contributed by atoms with E-state index in [1.165, 1.54) is 36.2 Å². The van der Waals surface area contributed by atoms with Crippen LogP contribution >= 0.6 is 0 Å². The normalized spacial score (nSPS) is 16.4. The van der Waals surface area contributed by atoms with Gasteiger partial charge in [-0.2, -0.15) is 0 Å². The molecular formula is C22H30N2+2. The van der Waals surface area contributed by atoms with Gasteiger partial charge in [0.15, 0.2) is 18.4 Å². The molecule has 2 nitrogen and oxygen atoms in total. The molecule has 1 atom stereocenters. The van der Waals surface area contributed by atoms with E-state index in [0.717, 1.165) is 17.4 Å². The fraction of sp³-hybridized carbons (Fsp3) is 0.409. The molecule has 1 aromatic heterocycles. The summed E-state index contributed by atoms with van der Waals surface area (Å²) in [5, 5.41) is 0. The Hall–Kier alpha value is -1.93. The van der Waals surface area contributed by atoms with Gasteiger partial charge in [-0.3, -0.25) is 0 Å². The zero-order valence-electron chi connectivity index (χ0n) is 15.3. The first-order valence-electron chi connectivity index (χ1n) is 9.08. The molecule has 0 aliphatic heterocycles. The molecule has 24 heavy (non-hydrogen) atoms. The topological polar surface area (TPSA) is 3.88 Å². The Morgan fingerprint density at radius 1 is 1.00 bits per heavy atom. The lowest BCUT2D eigenvalue weighted by atomic mass is 9.95. The van der Waals surface area contributed by atoms with Gasteiger partial charge in [0.25, 0.3) is 0 Å². The molecule has 1 aliphatic carbocycles. The third-order valence-corrected chi connectivity index (χ3v) is 4.88. The van der Waals surface area contributed by atoms with Gasteiger partial charge in [-0.25, -0.2) is 4.57 Å². The minimum absolute atomic E-state index is 0.570. The maximum absolute atomic E-state index is 2.44. The third kappa shape index (κ3) is 4.33. The average Bonchev–Trinajstić information content (AvgIpc) is 2.96. The Kier molecular flexibility index (Phi) is 5.15. The van der Waals surface area contributed by atoms with Crippen LogP contribution in [-0.2, 0) is 13.0 Å². The summed E-state index contributed by atoms with van der Waals surface area (Å²) >= 11 is 0. The minimum Gasteiger partial charge on any atom is -0.331 e. The van der Waals surface area contributed by atoms with Crippen LogP contribution in [0.1, 0.15) is 35.6 Å². The van der Waals surface area contributed by atoms with Crippen LogP contribution in [-0.4, -0.2) is 32.2 Å². The van der Waals surface area contributed by atoms with E-state index in [2.05, 4.69) is 86.5 Å². The lowest BCUT2D eigenvalue weighted by molar-refractivity contribution is -0.873. The van der Waals surface area contributed by atoms with E-state index in [9.17, 15) is 0 Å². The van der Waals surface area contributed by atoms with E-state index in [-0.39, 0.29) is 0 Å². The van der Waals surface area contributed by atoms with Crippen molar-refractivity contribution in [3.8, 4) is 0 Å². The first kappa shape index (κ1) is 16.9. The van der Waals surface area contributed by atoms with Gasteiger partial charge in [0, 0.05) is 24.5 Å². The number of quaternary nitrogens is 1. The van der Waals surface area contributed by atoms with Crippen molar-refractivity contribution in [2.24, 2.45) is 0 Å². The standard InChI is InChI=1S/C22H30N2/c1-24(2,3)18-8-17-23-16-7-6-10-21(23)15-14-20-13-12-19-9-4-5-11-22(19)20/h4-7,9-13,16,20H,8,14-15,17-18H2,1-3H3/q+2. The molecular weight excluding hydrogens is 292 g/mol. The first-order chi connectivity index (χ1) is 11.5. The Bertz CT molecular complexity index is 710. The van der Waals surface area contributed by atoms with Gasteiger partial charge in [-0.15, -0.1) is 0 Å². The van der Waals surface area contributed by atoms with Crippen molar-refractivity contribution in [3.05, 3.63) is 71.6 Å². The van der Waals surface area contributed by atoms with Gasteiger partial charge in [0.1, 0.15) is 0 Å². The maximum atomic E-state index is 2.44. The van der Waals surface area contributed by atoms with Crippen molar-refractivity contribution < 1.29 is 9.05 Å². The summed E-state index contributed by atoms with van der Waals surface area (Å²) in [5.41, 5.74) is 4.34. The van der Waals surface area contributed by atoms with Crippen LogP contribution in [0.5, 0.6) is 0 Å². The smallest absolute Gasteiger partial charge is 0.181 e. The second kappa shape index (κ2) is 7.31. The molecule has 3 rings (SSSR count). The predicted octanol–water partition coefficient (Wildman–Crippen LogP) is 3.81. The highest BCUT2D eigenvalue weighted by Gasteiger charge is 2.19. The number of nitrogens with zero attached hydrogens (tertiary/aromatic N) is 2. The molecule has 126 valence electrons. The summed E-state index contributed by atoms with van der Waals surface area (Å²) in [4.78, 5) is 0. The molecule has 0 radical (unpaired) electrons. The molecule has 0 amide bonds. The molecule has 1 aromatic carbocycles. The highest BCUT2D eigenvalue weighted by molar-refractivity contribution is 5.62. The van der Waals surface area contributed by atoms with E-state index in [1.54, 1.807) is 0 Å². The molecule has 2 aromatic rings. The van der Waals surface area contributed by atoms with Gasteiger partial charge in [0.05, 0.1) is 34.1 Å². The maximum Gasteiger partial charge on any atom is 0.181 e. The Balaban J connectivity index is 1.61. The van der Waals surface area contributed by atoms with Gasteiger partial charge < -0.3 is 4.48 Å². The molecule has 0 spiro atoms. The second-order valence-electron chi connectivity index (χ2n) is 7.89. The number of rotatable bonds is 7. The fourth-order valence-electron chi connectivity index (χ4n) is 3.55. The van der Waals surface area contributed by atoms with Crippen molar-refractivity contribution in [2.45, 2.75) is 31.7 Å². The van der Waals surface area contributed by atoms with Crippen molar-refractivity contribution in [1.29, 1.82) is 0 Å². The number of hydrogen-bond acceptors (Lipinski definition) is 0. The van der Waals surface area contributed by atoms with Gasteiger partial charge in [-0.05, 0) is 17.5 Å². The van der Waals surface area contributed by atoms with E-state index in [4.69, 9.17) is 0 Å². The zero-order valence-corrected chi connectivity index (χ0v) is 15.3. The Labute approximate surface area is 146 Å². The quantitative estimate of drug-likeness (QED) is 0.539. The van der Waals surface area contributed by atoms with Crippen molar-refractivity contribution in [1.82, 2.24) is 0 Å². The predicted molar refractivity (Wildman–Crippen MR) is 101 cm³/mol. The Morgan fingerprint density at radius 3 is 2.62 bits per heavy atom. The lowest BCUT2D eigenvalue weighted by Gasteiger charge is -2.23. The number of hydrogen-bond donors (Lipinski definition) is 0. The molecule has 0 saturated carbocycles. The number of aromatic nitrogens is 1. The molecule has 1 heterocycles. The van der Waals surface area contributed by atoms with Crippen LogP contribution in [0.4, 0.5) is 0 Å². The summed E-state index contributed by atoms with van der Waals surface area (Å²) in [7, 11) is 6.79. The van der Waals surface area contributed by atoms with Crippen LogP contribution in [0, 0.1) is 0 Å². The summed E-state index contributed by atoms with van der Waals surface area (Å²) in [5.74, 6) is 0.570. The summed E-state index contributed by atoms with van der Waals surface area (Å²) in [6, 6.07) is 15.4. The molecule has 0 fully saturated rings. The Morgan fingerprint density at radius 2 is 1.79 bits per heavy atom. The van der Waals surface area contributed by atoms with Crippen LogP contribution in [0.15, 0.2) is 54.7 Å². The van der Waals surface area contributed by atoms with Crippen LogP contribution in [0.25, 0.3) is 6.08 Å². The minimum atomic E-state index is 0.570. The molecule has 0 N–H and O–H groups in total. The third-order valence-electron chi connectivity index (χ3n) is 4.88. The number of allylic oxidation sites excluding steroid dienone is 1. The SMILES string of the molecule is C[N+](C)(C)CCC[n+]1ccccc1CCC1C=Cc2ccccc21. The number of fused-ring (bicyclic) bond motifs is 1. The highest BCUT2D eigenvalue weighted by atomic mass is 15.3. The lowest BCUT2D eigenvalue weighted by Crippen LogP contribution is -2.42. The van der Waals surface area contributed by atoms with Gasteiger partial charge >= 0.3 is 0 Å². The van der Waals surface area contributed by atoms with Gasteiger partial charge in [-0.1, -0.05) is 42.5 Å². The van der Waals surface area contributed by atoms with Crippen molar-refractivity contribution in [3.63, 3.8) is 0 Å². The van der Waals surface area contributed by atoms with Gasteiger partial charge in [0.2, 0.25) is 0 Å². The highest BCUT2D eigenvalue weighted by Crippen LogP contribution is 2.32. The average molecular weight is 322 g/mol. The van der Waals surface area contributed by atoms with Crippen molar-refractivity contribution >= 4 is 6.08 Å². The van der Waals surface area contributed by atoms with E-state index < -0.39 is 0 Å². The number of pyridine rings is 1. The molecule has 0 saturated heterocycles. The monoisotopic (exact) mass is 322 g/mol. The first-order valence-corrected chi connectivity index (χ1v) is 9.08. The largest absolute Gasteiger partial charge is 0.331 e. The van der Waals surface area contributed by atoms with Crippen LogP contribution in [0.2, 0.25) is 0 Å². The summed E-state index contributed by atoms with van der Waals surface area (Å²) in [6.07, 6.45) is 10.4. The summed E-state index contributed by atoms with van der Waals surface area (Å²) in [6.45, 7) is 2.32. The van der Waals surface area contributed by atoms with E-state index in [0.29, 0.717) is 5.92 Å². The molecule has 1 unspecified atom stereocenters. The molecule has 0 bridgehead atoms. The molecule has 2 heteroatoms. The van der Waals surface area contributed by atoms with Crippen molar-refractivity contribution in [2.75, 3.05) is 27.7 Å². The number of benzene rings is 1. The van der Waals surface area contributed by atoms with Crippen LogP contribution < -0.4 is 4.57 Å². The fourth-order valence-corrected chi connectivity index (χ4v) is 3.55.